The van der Waals surface area contributed by atoms with Gasteiger partial charge in [-0.25, -0.2) is 4.98 Å². The predicted molar refractivity (Wildman–Crippen MR) is 159 cm³/mol. The van der Waals surface area contributed by atoms with Crippen LogP contribution in [0.5, 0.6) is 5.75 Å². The van der Waals surface area contributed by atoms with Gasteiger partial charge in [0.05, 0.1) is 23.7 Å². The first-order valence-corrected chi connectivity index (χ1v) is 14.3. The highest BCUT2D eigenvalue weighted by Crippen LogP contribution is 2.38. The number of aromatic nitrogens is 1. The molecule has 40 heavy (non-hydrogen) atoms. The Bertz CT molecular complexity index is 1370. The average Bonchev–Trinajstić information content (AvgIpc) is 2.87. The lowest BCUT2D eigenvalue weighted by Crippen LogP contribution is -2.44. The van der Waals surface area contributed by atoms with E-state index in [2.05, 4.69) is 10.2 Å². The molecular weight excluding hydrogens is 549 g/mol. The molecule has 1 atom stereocenters. The normalized spacial score (nSPS) is 14.1. The number of hydrogen-bond acceptors (Lipinski definition) is 5. The molecule has 0 spiro atoms. The summed E-state index contributed by atoms with van der Waals surface area (Å²) in [6, 6.07) is 14.2. The van der Waals surface area contributed by atoms with Gasteiger partial charge in [0.25, 0.3) is 5.91 Å². The van der Waals surface area contributed by atoms with Gasteiger partial charge in [0, 0.05) is 34.3 Å². The largest absolute Gasteiger partial charge is 0.492 e. The van der Waals surface area contributed by atoms with Gasteiger partial charge < -0.3 is 20.1 Å². The molecule has 1 heterocycles. The summed E-state index contributed by atoms with van der Waals surface area (Å²) >= 11 is 13.1. The van der Waals surface area contributed by atoms with E-state index in [1.165, 1.54) is 0 Å². The number of aryl methyl sites for hydroxylation is 1. The van der Waals surface area contributed by atoms with Gasteiger partial charge in [-0.2, -0.15) is 0 Å². The maximum absolute atomic E-state index is 13.3. The zero-order valence-corrected chi connectivity index (χ0v) is 24.6. The summed E-state index contributed by atoms with van der Waals surface area (Å²) in [7, 11) is 4.02. The molecule has 2 aromatic carbocycles. The van der Waals surface area contributed by atoms with Crippen LogP contribution in [0.3, 0.4) is 0 Å². The van der Waals surface area contributed by atoms with Gasteiger partial charge in [0.2, 0.25) is 0 Å². The molecule has 9 heteroatoms. The molecule has 1 aliphatic rings. The molecule has 1 amide bonds. The standard InChI is InChI=1S/C31H35Cl2N3O4/c1-19-8-11-24(32)23(16-19)22-10-13-26(31(39)35-27(18-29(37)38)20-6-4-7-20)34-30(22)21-9-12-25(33)28(17-21)40-15-5-14-36(2)3/h8-13,16-17,20,27H,4-7,14-15,18H2,1-3H3,(H,35,39)(H,37,38). The summed E-state index contributed by atoms with van der Waals surface area (Å²) in [5.41, 5.74) is 4.04. The van der Waals surface area contributed by atoms with Crippen molar-refractivity contribution in [3.8, 4) is 28.1 Å². The molecule has 4 rings (SSSR count). The van der Waals surface area contributed by atoms with E-state index in [0.717, 1.165) is 54.5 Å². The Labute approximate surface area is 245 Å². The van der Waals surface area contributed by atoms with E-state index in [9.17, 15) is 14.7 Å². The Morgan fingerprint density at radius 1 is 1.07 bits per heavy atom. The Balaban J connectivity index is 1.71. The highest BCUT2D eigenvalue weighted by Gasteiger charge is 2.31. The first kappa shape index (κ1) is 29.8. The highest BCUT2D eigenvalue weighted by molar-refractivity contribution is 6.33. The number of rotatable bonds is 12. The van der Waals surface area contributed by atoms with Crippen LogP contribution in [0.1, 0.15) is 48.2 Å². The Morgan fingerprint density at radius 2 is 1.82 bits per heavy atom. The van der Waals surface area contributed by atoms with Crippen LogP contribution in [0.25, 0.3) is 22.4 Å². The summed E-state index contributed by atoms with van der Waals surface area (Å²) in [6.07, 6.45) is 3.57. The van der Waals surface area contributed by atoms with Crippen LogP contribution in [-0.2, 0) is 4.79 Å². The monoisotopic (exact) mass is 583 g/mol. The van der Waals surface area contributed by atoms with Crippen molar-refractivity contribution in [3.63, 3.8) is 0 Å². The zero-order chi connectivity index (χ0) is 28.8. The van der Waals surface area contributed by atoms with Crippen LogP contribution in [-0.4, -0.2) is 60.2 Å². The van der Waals surface area contributed by atoms with Crippen molar-refractivity contribution in [2.24, 2.45) is 5.92 Å². The molecule has 212 valence electrons. The number of hydrogen-bond donors (Lipinski definition) is 2. The number of ether oxygens (including phenoxy) is 1. The second-order valence-electron chi connectivity index (χ2n) is 10.6. The van der Waals surface area contributed by atoms with E-state index < -0.39 is 17.9 Å². The SMILES string of the molecule is Cc1ccc(Cl)c(-c2ccc(C(=O)NC(CC(=O)O)C3CCC3)nc2-c2ccc(Cl)c(OCCCN(C)C)c2)c1. The Hall–Kier alpha value is -3.13. The first-order chi connectivity index (χ1) is 19.1. The number of pyridine rings is 1. The number of carboxylic acid groups (broad SMARTS) is 1. The fourth-order valence-corrected chi connectivity index (χ4v) is 5.19. The van der Waals surface area contributed by atoms with E-state index >= 15 is 0 Å². The molecule has 7 nitrogen and oxygen atoms in total. The van der Waals surface area contributed by atoms with Gasteiger partial charge in [0.15, 0.2) is 0 Å². The molecule has 1 aromatic heterocycles. The minimum atomic E-state index is -0.936. The number of halogens is 2. The lowest BCUT2D eigenvalue weighted by Gasteiger charge is -2.33. The van der Waals surface area contributed by atoms with Crippen molar-refractivity contribution in [2.45, 2.75) is 45.1 Å². The number of carbonyl (C=O) groups excluding carboxylic acids is 1. The van der Waals surface area contributed by atoms with Crippen LogP contribution in [0.4, 0.5) is 0 Å². The Morgan fingerprint density at radius 3 is 2.50 bits per heavy atom. The van der Waals surface area contributed by atoms with Crippen molar-refractivity contribution < 1.29 is 19.4 Å². The molecule has 1 unspecified atom stereocenters. The number of amides is 1. The number of nitrogens with one attached hydrogen (secondary N) is 1. The lowest BCUT2D eigenvalue weighted by molar-refractivity contribution is -0.138. The number of nitrogens with zero attached hydrogens (tertiary/aromatic N) is 2. The molecule has 3 aromatic rings. The van der Waals surface area contributed by atoms with Gasteiger partial charge in [-0.15, -0.1) is 0 Å². The van der Waals surface area contributed by atoms with Crippen LogP contribution < -0.4 is 10.1 Å². The molecule has 1 fully saturated rings. The summed E-state index contributed by atoms with van der Waals surface area (Å²) in [4.78, 5) is 31.7. The highest BCUT2D eigenvalue weighted by atomic mass is 35.5. The number of aliphatic carboxylic acids is 1. The van der Waals surface area contributed by atoms with E-state index in [0.29, 0.717) is 28.1 Å². The quantitative estimate of drug-likeness (QED) is 0.229. The summed E-state index contributed by atoms with van der Waals surface area (Å²) in [5.74, 6) is -0.652. The lowest BCUT2D eigenvalue weighted by atomic mass is 9.78. The average molecular weight is 585 g/mol. The predicted octanol–water partition coefficient (Wildman–Crippen LogP) is 6.73. The minimum absolute atomic E-state index is 0.119. The second-order valence-corrected chi connectivity index (χ2v) is 11.4. The topological polar surface area (TPSA) is 91.8 Å². The molecule has 2 N–H and O–H groups in total. The van der Waals surface area contributed by atoms with E-state index in [4.69, 9.17) is 32.9 Å². The molecule has 0 aliphatic heterocycles. The fraction of sp³-hybridized carbons (Fsp3) is 0.387. The van der Waals surface area contributed by atoms with E-state index in [1.807, 2.05) is 57.4 Å². The molecule has 1 saturated carbocycles. The fourth-order valence-electron chi connectivity index (χ4n) is 4.80. The third-order valence-corrected chi connectivity index (χ3v) is 7.82. The van der Waals surface area contributed by atoms with Crippen LogP contribution in [0.2, 0.25) is 10.0 Å². The van der Waals surface area contributed by atoms with Gasteiger partial charge in [-0.1, -0.05) is 47.3 Å². The maximum Gasteiger partial charge on any atom is 0.305 e. The van der Waals surface area contributed by atoms with Crippen molar-refractivity contribution >= 4 is 35.1 Å². The number of benzene rings is 2. The minimum Gasteiger partial charge on any atom is -0.492 e. The molecular formula is C31H35Cl2N3O4. The third-order valence-electron chi connectivity index (χ3n) is 7.18. The molecule has 0 saturated heterocycles. The summed E-state index contributed by atoms with van der Waals surface area (Å²) < 4.78 is 6.00. The van der Waals surface area contributed by atoms with Gasteiger partial charge in [-0.05, 0) is 82.6 Å². The molecule has 0 radical (unpaired) electrons. The smallest absolute Gasteiger partial charge is 0.305 e. The maximum atomic E-state index is 13.3. The number of carbonyl (C=O) groups is 2. The van der Waals surface area contributed by atoms with Crippen molar-refractivity contribution in [3.05, 3.63) is 69.8 Å². The van der Waals surface area contributed by atoms with E-state index in [-0.39, 0.29) is 18.0 Å². The van der Waals surface area contributed by atoms with Gasteiger partial charge >= 0.3 is 5.97 Å². The summed E-state index contributed by atoms with van der Waals surface area (Å²) in [6.45, 7) is 3.37. The first-order valence-electron chi connectivity index (χ1n) is 13.5. The zero-order valence-electron chi connectivity index (χ0n) is 23.0. The van der Waals surface area contributed by atoms with Crippen molar-refractivity contribution in [2.75, 3.05) is 27.2 Å². The number of carboxylic acids is 1. The van der Waals surface area contributed by atoms with Crippen LogP contribution >= 0.6 is 23.2 Å². The van der Waals surface area contributed by atoms with Gasteiger partial charge in [-0.3, -0.25) is 9.59 Å². The van der Waals surface area contributed by atoms with Gasteiger partial charge in [0.1, 0.15) is 11.4 Å². The van der Waals surface area contributed by atoms with E-state index in [1.54, 1.807) is 12.1 Å². The molecule has 1 aliphatic carbocycles. The van der Waals surface area contributed by atoms with Crippen LogP contribution in [0, 0.1) is 12.8 Å². The van der Waals surface area contributed by atoms with Crippen LogP contribution in [0.15, 0.2) is 48.5 Å². The Kier molecular flexibility index (Phi) is 10.1. The van der Waals surface area contributed by atoms with Crippen molar-refractivity contribution in [1.82, 2.24) is 15.2 Å². The molecule has 0 bridgehead atoms. The summed E-state index contributed by atoms with van der Waals surface area (Å²) in [5, 5.41) is 13.4. The van der Waals surface area contributed by atoms with Crippen molar-refractivity contribution in [1.29, 1.82) is 0 Å². The second kappa shape index (κ2) is 13.5. The third kappa shape index (κ3) is 7.53.